The largest absolute Gasteiger partial charge is 0.366 e. The fourth-order valence-corrected chi connectivity index (χ4v) is 2.33. The van der Waals surface area contributed by atoms with Crippen LogP contribution in [-0.4, -0.2) is 27.6 Å². The summed E-state index contributed by atoms with van der Waals surface area (Å²) in [7, 11) is 0.724. The van der Waals surface area contributed by atoms with Gasteiger partial charge in [0.2, 0.25) is 0 Å². The molecule has 1 aromatic rings. The van der Waals surface area contributed by atoms with Crippen molar-refractivity contribution in [2.45, 2.75) is 32.3 Å². The SMILES string of the molecule is COC(Cc1ccccc1)NC[Si](C)(C)C. The fourth-order valence-electron chi connectivity index (χ4n) is 1.49. The minimum Gasteiger partial charge on any atom is -0.366 e. The Labute approximate surface area is 100 Å². The lowest BCUT2D eigenvalue weighted by Gasteiger charge is -2.22. The van der Waals surface area contributed by atoms with E-state index in [4.69, 9.17) is 4.74 Å². The van der Waals surface area contributed by atoms with Crippen LogP contribution in [0.4, 0.5) is 0 Å². The van der Waals surface area contributed by atoms with Crippen LogP contribution < -0.4 is 5.32 Å². The minimum atomic E-state index is -1.04. The maximum Gasteiger partial charge on any atom is 0.111 e. The van der Waals surface area contributed by atoms with E-state index in [1.165, 1.54) is 5.56 Å². The second-order valence-corrected chi connectivity index (χ2v) is 10.8. The summed E-state index contributed by atoms with van der Waals surface area (Å²) in [4.78, 5) is 0. The summed E-state index contributed by atoms with van der Waals surface area (Å²) in [5, 5.41) is 3.50. The molecule has 0 radical (unpaired) electrons. The van der Waals surface area contributed by atoms with Gasteiger partial charge < -0.3 is 4.74 Å². The molecule has 0 saturated heterocycles. The van der Waals surface area contributed by atoms with E-state index in [0.29, 0.717) is 0 Å². The third-order valence-electron chi connectivity index (χ3n) is 2.41. The summed E-state index contributed by atoms with van der Waals surface area (Å²) < 4.78 is 5.46. The van der Waals surface area contributed by atoms with Crippen LogP contribution in [-0.2, 0) is 11.2 Å². The Morgan fingerprint density at radius 1 is 1.19 bits per heavy atom. The first-order valence-electron chi connectivity index (χ1n) is 5.81. The zero-order chi connectivity index (χ0) is 12.0. The second-order valence-electron chi connectivity index (χ2n) is 5.36. The highest BCUT2D eigenvalue weighted by Gasteiger charge is 2.15. The molecule has 0 aliphatic heterocycles. The minimum absolute atomic E-state index is 0.133. The van der Waals surface area contributed by atoms with Gasteiger partial charge in [-0.25, -0.2) is 0 Å². The second kappa shape index (κ2) is 6.18. The average molecular weight is 237 g/mol. The molecule has 0 aliphatic rings. The van der Waals surface area contributed by atoms with Gasteiger partial charge in [-0.1, -0.05) is 50.0 Å². The molecule has 1 rings (SSSR count). The lowest BCUT2D eigenvalue weighted by molar-refractivity contribution is 0.0787. The molecule has 0 bridgehead atoms. The van der Waals surface area contributed by atoms with Crippen molar-refractivity contribution in [3.8, 4) is 0 Å². The Kier molecular flexibility index (Phi) is 5.18. The molecule has 2 nitrogen and oxygen atoms in total. The molecule has 16 heavy (non-hydrogen) atoms. The highest BCUT2D eigenvalue weighted by Crippen LogP contribution is 2.05. The van der Waals surface area contributed by atoms with Crippen molar-refractivity contribution in [1.29, 1.82) is 0 Å². The van der Waals surface area contributed by atoms with Gasteiger partial charge >= 0.3 is 0 Å². The highest BCUT2D eigenvalue weighted by molar-refractivity contribution is 6.76. The average Bonchev–Trinajstić information content (AvgIpc) is 2.24. The number of ether oxygens (including phenoxy) is 1. The fraction of sp³-hybridized carbons (Fsp3) is 0.538. The molecule has 90 valence electrons. The van der Waals surface area contributed by atoms with E-state index in [1.54, 1.807) is 7.11 Å². The lowest BCUT2D eigenvalue weighted by atomic mass is 10.1. The molecule has 3 heteroatoms. The molecule has 0 heterocycles. The Balaban J connectivity index is 2.44. The van der Waals surface area contributed by atoms with E-state index in [1.807, 2.05) is 6.07 Å². The topological polar surface area (TPSA) is 21.3 Å². The van der Waals surface area contributed by atoms with Gasteiger partial charge in [-0.15, -0.1) is 0 Å². The highest BCUT2D eigenvalue weighted by atomic mass is 28.3. The summed E-state index contributed by atoms with van der Waals surface area (Å²) in [6, 6.07) is 10.5. The lowest BCUT2D eigenvalue weighted by Crippen LogP contribution is -2.43. The maximum absolute atomic E-state index is 5.46. The van der Waals surface area contributed by atoms with Crippen molar-refractivity contribution in [2.24, 2.45) is 0 Å². The molecule has 0 spiro atoms. The van der Waals surface area contributed by atoms with Crippen molar-refractivity contribution in [2.75, 3.05) is 13.3 Å². The van der Waals surface area contributed by atoms with Crippen molar-refractivity contribution < 1.29 is 4.74 Å². The van der Waals surface area contributed by atoms with Gasteiger partial charge in [0.25, 0.3) is 0 Å². The molecule has 1 atom stereocenters. The molecule has 0 saturated carbocycles. The number of rotatable bonds is 6. The number of methoxy groups -OCH3 is 1. The molecule has 0 aliphatic carbocycles. The molecule has 1 N–H and O–H groups in total. The van der Waals surface area contributed by atoms with E-state index >= 15 is 0 Å². The van der Waals surface area contributed by atoms with Crippen molar-refractivity contribution in [3.05, 3.63) is 35.9 Å². The Morgan fingerprint density at radius 2 is 1.81 bits per heavy atom. The molecule has 0 amide bonds. The first-order chi connectivity index (χ1) is 7.51. The van der Waals surface area contributed by atoms with Crippen molar-refractivity contribution >= 4 is 8.07 Å². The third-order valence-corrected chi connectivity index (χ3v) is 3.67. The Hall–Kier alpha value is -0.643. The smallest absolute Gasteiger partial charge is 0.111 e. The van der Waals surface area contributed by atoms with Gasteiger partial charge in [0, 0.05) is 13.5 Å². The van der Waals surface area contributed by atoms with Crippen LogP contribution in [0.15, 0.2) is 30.3 Å². The molecular formula is C13H23NOSi. The zero-order valence-corrected chi connectivity index (χ0v) is 11.8. The zero-order valence-electron chi connectivity index (χ0n) is 10.8. The van der Waals surface area contributed by atoms with E-state index in [-0.39, 0.29) is 6.23 Å². The van der Waals surface area contributed by atoms with Crippen molar-refractivity contribution in [1.82, 2.24) is 5.32 Å². The van der Waals surface area contributed by atoms with Crippen LogP contribution in [0.1, 0.15) is 5.56 Å². The third kappa shape index (κ3) is 5.44. The molecular weight excluding hydrogens is 214 g/mol. The summed E-state index contributed by atoms with van der Waals surface area (Å²) in [6.45, 7) is 7.07. The molecule has 0 aromatic heterocycles. The van der Waals surface area contributed by atoms with Gasteiger partial charge in [-0.3, -0.25) is 5.32 Å². The Bertz CT molecular complexity index is 295. The molecule has 1 aromatic carbocycles. The summed E-state index contributed by atoms with van der Waals surface area (Å²) >= 11 is 0. The summed E-state index contributed by atoms with van der Waals surface area (Å²) in [6.07, 6.45) is 2.16. The van der Waals surface area contributed by atoms with Crippen LogP contribution in [0, 0.1) is 0 Å². The quantitative estimate of drug-likeness (QED) is 0.607. The first kappa shape index (κ1) is 13.4. The van der Waals surface area contributed by atoms with Gasteiger partial charge in [0.05, 0.1) is 8.07 Å². The van der Waals surface area contributed by atoms with E-state index in [0.717, 1.165) is 12.6 Å². The van der Waals surface area contributed by atoms with E-state index in [2.05, 4.69) is 49.2 Å². The van der Waals surface area contributed by atoms with E-state index in [9.17, 15) is 0 Å². The van der Waals surface area contributed by atoms with Gasteiger partial charge in [-0.2, -0.15) is 0 Å². The number of hydrogen-bond acceptors (Lipinski definition) is 2. The van der Waals surface area contributed by atoms with Gasteiger partial charge in [0.1, 0.15) is 6.23 Å². The first-order valence-corrected chi connectivity index (χ1v) is 9.52. The Morgan fingerprint density at radius 3 is 2.31 bits per heavy atom. The monoisotopic (exact) mass is 237 g/mol. The molecule has 0 fully saturated rings. The van der Waals surface area contributed by atoms with Gasteiger partial charge in [0.15, 0.2) is 0 Å². The standard InChI is InChI=1S/C13H23NOSi/c1-15-13(14-11-16(2,3)4)10-12-8-6-5-7-9-12/h5-9,13-14H,10-11H2,1-4H3. The number of hydrogen-bond donors (Lipinski definition) is 1. The van der Waals surface area contributed by atoms with Crippen molar-refractivity contribution in [3.63, 3.8) is 0 Å². The van der Waals surface area contributed by atoms with Crippen LogP contribution in [0.5, 0.6) is 0 Å². The van der Waals surface area contributed by atoms with Crippen LogP contribution in [0.25, 0.3) is 0 Å². The van der Waals surface area contributed by atoms with Gasteiger partial charge in [-0.05, 0) is 11.7 Å². The molecule has 1 unspecified atom stereocenters. The predicted octanol–water partition coefficient (Wildman–Crippen LogP) is 2.67. The van der Waals surface area contributed by atoms with Crippen LogP contribution in [0.2, 0.25) is 19.6 Å². The number of nitrogens with one attached hydrogen (secondary N) is 1. The predicted molar refractivity (Wildman–Crippen MR) is 72.3 cm³/mol. The van der Waals surface area contributed by atoms with Crippen LogP contribution in [0.3, 0.4) is 0 Å². The van der Waals surface area contributed by atoms with E-state index < -0.39 is 8.07 Å². The summed E-state index contributed by atoms with van der Waals surface area (Å²) in [5.74, 6) is 0. The summed E-state index contributed by atoms with van der Waals surface area (Å²) in [5.41, 5.74) is 1.32. The normalized spacial score (nSPS) is 13.8. The number of benzene rings is 1. The maximum atomic E-state index is 5.46. The van der Waals surface area contributed by atoms with Crippen LogP contribution >= 0.6 is 0 Å².